The van der Waals surface area contributed by atoms with E-state index in [1.54, 1.807) is 14.2 Å². The second-order valence-electron chi connectivity index (χ2n) is 6.88. The Kier molecular flexibility index (Phi) is 9.74. The van der Waals surface area contributed by atoms with E-state index >= 15 is 0 Å². The molecule has 0 bridgehead atoms. The van der Waals surface area contributed by atoms with Gasteiger partial charge in [-0.2, -0.15) is 0 Å². The van der Waals surface area contributed by atoms with Crippen molar-refractivity contribution >= 4 is 0 Å². The lowest BCUT2D eigenvalue weighted by atomic mass is 9.70. The van der Waals surface area contributed by atoms with Crippen LogP contribution in [0.3, 0.4) is 0 Å². The molecule has 1 unspecified atom stereocenters. The Morgan fingerprint density at radius 2 is 1.30 bits per heavy atom. The second kappa shape index (κ2) is 9.78. The SMILES string of the molecule is CCCCCCCCC(C(C)(C)CC)C(C)(OC)OC. The van der Waals surface area contributed by atoms with Crippen LogP contribution >= 0.6 is 0 Å². The molecule has 0 radical (unpaired) electrons. The Morgan fingerprint density at radius 1 is 0.800 bits per heavy atom. The molecule has 122 valence electrons. The first-order valence-electron chi connectivity index (χ1n) is 8.48. The molecule has 0 aromatic heterocycles. The topological polar surface area (TPSA) is 18.5 Å². The molecule has 0 saturated carbocycles. The molecule has 0 aliphatic rings. The van der Waals surface area contributed by atoms with Crippen molar-refractivity contribution in [2.75, 3.05) is 14.2 Å². The van der Waals surface area contributed by atoms with E-state index in [1.807, 2.05) is 0 Å². The number of rotatable bonds is 12. The largest absolute Gasteiger partial charge is 0.353 e. The highest BCUT2D eigenvalue weighted by Gasteiger charge is 2.42. The maximum atomic E-state index is 5.71. The van der Waals surface area contributed by atoms with Gasteiger partial charge in [0.05, 0.1) is 0 Å². The molecule has 2 heteroatoms. The molecule has 0 aliphatic heterocycles. The van der Waals surface area contributed by atoms with Gasteiger partial charge in [-0.25, -0.2) is 0 Å². The molecular weight excluding hydrogens is 248 g/mol. The Labute approximate surface area is 127 Å². The van der Waals surface area contributed by atoms with E-state index in [1.165, 1.54) is 44.9 Å². The van der Waals surface area contributed by atoms with Gasteiger partial charge in [-0.15, -0.1) is 0 Å². The number of methoxy groups -OCH3 is 2. The van der Waals surface area contributed by atoms with E-state index in [9.17, 15) is 0 Å². The fourth-order valence-corrected chi connectivity index (χ4v) is 3.11. The van der Waals surface area contributed by atoms with Gasteiger partial charge in [0.25, 0.3) is 0 Å². The summed E-state index contributed by atoms with van der Waals surface area (Å²) in [6.45, 7) is 11.3. The summed E-state index contributed by atoms with van der Waals surface area (Å²) in [5.74, 6) is -0.0377. The van der Waals surface area contributed by atoms with Gasteiger partial charge >= 0.3 is 0 Å². The van der Waals surface area contributed by atoms with Crippen molar-refractivity contribution in [1.29, 1.82) is 0 Å². The van der Waals surface area contributed by atoms with Crippen molar-refractivity contribution in [2.45, 2.75) is 91.8 Å². The molecule has 0 aromatic carbocycles. The van der Waals surface area contributed by atoms with Gasteiger partial charge in [0, 0.05) is 20.1 Å². The minimum atomic E-state index is -0.469. The molecular formula is C18H38O2. The summed E-state index contributed by atoms with van der Waals surface area (Å²) in [4.78, 5) is 0. The standard InChI is InChI=1S/C18H38O2/c1-8-10-11-12-13-14-15-16(17(3,4)9-2)18(5,19-6)20-7/h16H,8-15H2,1-7H3. The van der Waals surface area contributed by atoms with E-state index in [2.05, 4.69) is 34.6 Å². The summed E-state index contributed by atoms with van der Waals surface area (Å²) in [7, 11) is 3.53. The van der Waals surface area contributed by atoms with E-state index in [4.69, 9.17) is 9.47 Å². The highest BCUT2D eigenvalue weighted by molar-refractivity contribution is 4.86. The normalized spacial score (nSPS) is 14.6. The van der Waals surface area contributed by atoms with Gasteiger partial charge < -0.3 is 9.47 Å². The summed E-state index contributed by atoms with van der Waals surface area (Å²) >= 11 is 0. The van der Waals surface area contributed by atoms with E-state index in [0.717, 1.165) is 6.42 Å². The van der Waals surface area contributed by atoms with Gasteiger partial charge in [0.15, 0.2) is 5.79 Å². The zero-order chi connectivity index (χ0) is 15.6. The summed E-state index contributed by atoms with van der Waals surface area (Å²) in [5, 5.41) is 0. The van der Waals surface area contributed by atoms with Crippen LogP contribution in [0.5, 0.6) is 0 Å². The lowest BCUT2D eigenvalue weighted by Gasteiger charge is -2.44. The Hall–Kier alpha value is -0.0800. The van der Waals surface area contributed by atoms with E-state index in [0.29, 0.717) is 5.92 Å². The highest BCUT2D eigenvalue weighted by Crippen LogP contribution is 2.43. The molecule has 0 fully saturated rings. The Morgan fingerprint density at radius 3 is 1.75 bits per heavy atom. The van der Waals surface area contributed by atoms with Gasteiger partial charge in [-0.3, -0.25) is 0 Å². The van der Waals surface area contributed by atoms with Gasteiger partial charge in [-0.05, 0) is 18.8 Å². The second-order valence-corrected chi connectivity index (χ2v) is 6.88. The highest BCUT2D eigenvalue weighted by atomic mass is 16.7. The molecule has 0 saturated heterocycles. The zero-order valence-corrected chi connectivity index (χ0v) is 15.1. The molecule has 0 amide bonds. The summed E-state index contributed by atoms with van der Waals surface area (Å²) in [5.41, 5.74) is 0.240. The molecule has 0 aromatic rings. The predicted octanol–water partition coefficient (Wildman–Crippen LogP) is 5.80. The molecule has 0 rings (SSSR count). The minimum absolute atomic E-state index is 0.240. The third-order valence-corrected chi connectivity index (χ3v) is 5.14. The van der Waals surface area contributed by atoms with Crippen LogP contribution in [0.4, 0.5) is 0 Å². The average Bonchev–Trinajstić information content (AvgIpc) is 2.45. The first-order valence-corrected chi connectivity index (χ1v) is 8.48. The molecule has 2 nitrogen and oxygen atoms in total. The summed E-state index contributed by atoms with van der Waals surface area (Å²) in [6, 6.07) is 0. The quantitative estimate of drug-likeness (QED) is 0.333. The third-order valence-electron chi connectivity index (χ3n) is 5.14. The van der Waals surface area contributed by atoms with Crippen LogP contribution in [-0.4, -0.2) is 20.0 Å². The monoisotopic (exact) mass is 286 g/mol. The lowest BCUT2D eigenvalue weighted by molar-refractivity contribution is -0.249. The number of hydrogen-bond acceptors (Lipinski definition) is 2. The molecule has 0 heterocycles. The molecule has 20 heavy (non-hydrogen) atoms. The zero-order valence-electron chi connectivity index (χ0n) is 15.1. The maximum absolute atomic E-state index is 5.71. The van der Waals surface area contributed by atoms with Crippen LogP contribution in [0, 0.1) is 11.3 Å². The van der Waals surface area contributed by atoms with Crippen molar-refractivity contribution in [3.8, 4) is 0 Å². The Bertz CT molecular complexity index is 232. The van der Waals surface area contributed by atoms with Crippen LogP contribution < -0.4 is 0 Å². The van der Waals surface area contributed by atoms with Gasteiger partial charge in [0.2, 0.25) is 0 Å². The van der Waals surface area contributed by atoms with Crippen molar-refractivity contribution < 1.29 is 9.47 Å². The molecule has 1 atom stereocenters. The molecule has 0 aliphatic carbocycles. The van der Waals surface area contributed by atoms with Crippen LogP contribution in [-0.2, 0) is 9.47 Å². The summed E-state index contributed by atoms with van der Waals surface area (Å²) in [6.07, 6.45) is 10.4. The lowest BCUT2D eigenvalue weighted by Crippen LogP contribution is -2.46. The predicted molar refractivity (Wildman–Crippen MR) is 88.0 cm³/mol. The minimum Gasteiger partial charge on any atom is -0.353 e. The first kappa shape index (κ1) is 19.9. The van der Waals surface area contributed by atoms with Crippen molar-refractivity contribution in [2.24, 2.45) is 11.3 Å². The van der Waals surface area contributed by atoms with Crippen molar-refractivity contribution in [3.63, 3.8) is 0 Å². The smallest absolute Gasteiger partial charge is 0.168 e. The average molecular weight is 286 g/mol. The van der Waals surface area contributed by atoms with Crippen LogP contribution in [0.2, 0.25) is 0 Å². The molecule has 0 spiro atoms. The maximum Gasteiger partial charge on any atom is 0.168 e. The van der Waals surface area contributed by atoms with Crippen LogP contribution in [0.25, 0.3) is 0 Å². The van der Waals surface area contributed by atoms with E-state index < -0.39 is 5.79 Å². The first-order chi connectivity index (χ1) is 9.37. The van der Waals surface area contributed by atoms with E-state index in [-0.39, 0.29) is 5.41 Å². The fraction of sp³-hybridized carbons (Fsp3) is 1.00. The molecule has 0 N–H and O–H groups in total. The third kappa shape index (κ3) is 6.13. The van der Waals surface area contributed by atoms with Crippen LogP contribution in [0.15, 0.2) is 0 Å². The van der Waals surface area contributed by atoms with Crippen molar-refractivity contribution in [1.82, 2.24) is 0 Å². The van der Waals surface area contributed by atoms with Gasteiger partial charge in [0.1, 0.15) is 0 Å². The number of unbranched alkanes of at least 4 members (excludes halogenated alkanes) is 5. The Balaban J connectivity index is 4.49. The fourth-order valence-electron chi connectivity index (χ4n) is 3.11. The number of ether oxygens (including phenoxy) is 2. The summed E-state index contributed by atoms with van der Waals surface area (Å²) < 4.78 is 11.4. The van der Waals surface area contributed by atoms with Crippen LogP contribution in [0.1, 0.15) is 86.0 Å². The number of hydrogen-bond donors (Lipinski definition) is 0. The van der Waals surface area contributed by atoms with Gasteiger partial charge in [-0.1, -0.05) is 72.6 Å². The van der Waals surface area contributed by atoms with Crippen molar-refractivity contribution in [3.05, 3.63) is 0 Å².